The number of hydroxylamine groups is 1. The Morgan fingerprint density at radius 2 is 1.48 bits per heavy atom. The molecular formula is C19H15N3O3. The van der Waals surface area contributed by atoms with Crippen molar-refractivity contribution >= 4 is 17.6 Å². The number of nitrogens with one attached hydrogen (secondary N) is 1. The van der Waals surface area contributed by atoms with Gasteiger partial charge in [0.05, 0.1) is 5.69 Å². The van der Waals surface area contributed by atoms with Gasteiger partial charge in [0.1, 0.15) is 0 Å². The largest absolute Gasteiger partial charge is 0.362 e. The van der Waals surface area contributed by atoms with E-state index < -0.39 is 11.9 Å². The van der Waals surface area contributed by atoms with Gasteiger partial charge in [-0.1, -0.05) is 42.5 Å². The molecule has 1 N–H and O–H groups in total. The van der Waals surface area contributed by atoms with Gasteiger partial charge in [0.2, 0.25) is 5.88 Å². The monoisotopic (exact) mass is 333 g/mol. The number of benzene rings is 2. The molecule has 0 atom stereocenters. The fourth-order valence-corrected chi connectivity index (χ4v) is 2.16. The highest BCUT2D eigenvalue weighted by atomic mass is 16.7. The lowest BCUT2D eigenvalue weighted by molar-refractivity contribution is 0.0984. The first kappa shape index (κ1) is 16.2. The Balaban J connectivity index is 1.83. The average molecular weight is 333 g/mol. The minimum absolute atomic E-state index is 0.219. The predicted octanol–water partition coefficient (Wildman–Crippen LogP) is 3.43. The highest BCUT2D eigenvalue weighted by Gasteiger charge is 2.25. The van der Waals surface area contributed by atoms with Crippen LogP contribution in [-0.2, 0) is 0 Å². The molecular weight excluding hydrogens is 318 g/mol. The second kappa shape index (κ2) is 7.74. The van der Waals surface area contributed by atoms with Crippen LogP contribution in [0.1, 0.15) is 10.4 Å². The number of rotatable bonds is 4. The number of hydrogen-bond donors (Lipinski definition) is 1. The average Bonchev–Trinajstić information content (AvgIpc) is 2.69. The van der Waals surface area contributed by atoms with Crippen LogP contribution >= 0.6 is 0 Å². The van der Waals surface area contributed by atoms with Gasteiger partial charge in [-0.05, 0) is 30.3 Å². The Hall–Kier alpha value is -3.67. The summed E-state index contributed by atoms with van der Waals surface area (Å²) in [4.78, 5) is 35.5. The quantitative estimate of drug-likeness (QED) is 0.743. The summed E-state index contributed by atoms with van der Waals surface area (Å²) in [5.74, 6) is -0.245. The molecule has 0 aliphatic rings. The maximum atomic E-state index is 12.8. The van der Waals surface area contributed by atoms with Crippen LogP contribution in [0.25, 0.3) is 0 Å². The lowest BCUT2D eigenvalue weighted by atomic mass is 10.2. The minimum atomic E-state index is -0.717. The second-order valence-electron chi connectivity index (χ2n) is 5.02. The van der Waals surface area contributed by atoms with Crippen molar-refractivity contribution in [2.24, 2.45) is 0 Å². The molecule has 0 unspecified atom stereocenters. The number of amides is 3. The normalized spacial score (nSPS) is 9.92. The zero-order valence-corrected chi connectivity index (χ0v) is 13.2. The van der Waals surface area contributed by atoms with Crippen LogP contribution in [0.4, 0.5) is 10.5 Å². The summed E-state index contributed by atoms with van der Waals surface area (Å²) in [6, 6.07) is 21.5. The summed E-state index contributed by atoms with van der Waals surface area (Å²) in [7, 11) is 0. The second-order valence-corrected chi connectivity index (χ2v) is 5.02. The van der Waals surface area contributed by atoms with Crippen LogP contribution in [-0.4, -0.2) is 16.9 Å². The molecule has 0 radical (unpaired) electrons. The van der Waals surface area contributed by atoms with E-state index in [0.29, 0.717) is 11.3 Å². The molecule has 124 valence electrons. The van der Waals surface area contributed by atoms with E-state index in [-0.39, 0.29) is 5.88 Å². The molecule has 1 heterocycles. The number of para-hydroxylation sites is 1. The molecule has 1 aromatic heterocycles. The molecule has 6 heteroatoms. The molecule has 3 amide bonds. The van der Waals surface area contributed by atoms with Crippen LogP contribution in [0.3, 0.4) is 0 Å². The van der Waals surface area contributed by atoms with Crippen LogP contribution in [0, 0.1) is 0 Å². The topological polar surface area (TPSA) is 71.5 Å². The third kappa shape index (κ3) is 4.00. The maximum absolute atomic E-state index is 12.8. The Morgan fingerprint density at radius 1 is 0.840 bits per heavy atom. The first-order valence-corrected chi connectivity index (χ1v) is 7.58. The van der Waals surface area contributed by atoms with Gasteiger partial charge in [-0.3, -0.25) is 4.79 Å². The summed E-state index contributed by atoms with van der Waals surface area (Å²) in [5.41, 5.74) is 3.07. The van der Waals surface area contributed by atoms with E-state index >= 15 is 0 Å². The van der Waals surface area contributed by atoms with Crippen molar-refractivity contribution in [3.63, 3.8) is 0 Å². The van der Waals surface area contributed by atoms with Crippen LogP contribution in [0.2, 0.25) is 0 Å². The summed E-state index contributed by atoms with van der Waals surface area (Å²) in [5, 5.41) is 0. The van der Waals surface area contributed by atoms with Crippen LogP contribution < -0.4 is 15.2 Å². The third-order valence-electron chi connectivity index (χ3n) is 3.32. The first-order chi connectivity index (χ1) is 12.3. The molecule has 2 aromatic carbocycles. The number of imide groups is 1. The molecule has 0 saturated carbocycles. The van der Waals surface area contributed by atoms with Crippen molar-refractivity contribution in [1.29, 1.82) is 0 Å². The highest BCUT2D eigenvalue weighted by molar-refractivity contribution is 6.20. The van der Waals surface area contributed by atoms with E-state index in [2.05, 4.69) is 10.5 Å². The van der Waals surface area contributed by atoms with E-state index in [9.17, 15) is 9.59 Å². The summed E-state index contributed by atoms with van der Waals surface area (Å²) >= 11 is 0. The fraction of sp³-hybridized carbons (Fsp3) is 0. The van der Waals surface area contributed by atoms with Gasteiger partial charge < -0.3 is 4.84 Å². The Morgan fingerprint density at radius 3 is 2.12 bits per heavy atom. The van der Waals surface area contributed by atoms with E-state index in [1.807, 2.05) is 0 Å². The molecule has 0 spiro atoms. The number of nitrogens with zero attached hydrogens (tertiary/aromatic N) is 2. The predicted molar refractivity (Wildman–Crippen MR) is 93.1 cm³/mol. The fourth-order valence-electron chi connectivity index (χ4n) is 2.16. The Bertz CT molecular complexity index is 840. The number of urea groups is 1. The molecule has 0 bridgehead atoms. The Labute approximate surface area is 144 Å². The summed E-state index contributed by atoms with van der Waals surface area (Å²) < 4.78 is 0. The number of anilines is 1. The summed E-state index contributed by atoms with van der Waals surface area (Å²) in [6.45, 7) is 0. The van der Waals surface area contributed by atoms with Crippen LogP contribution in [0.5, 0.6) is 5.88 Å². The van der Waals surface area contributed by atoms with Crippen molar-refractivity contribution < 1.29 is 14.4 Å². The van der Waals surface area contributed by atoms with Crippen molar-refractivity contribution in [3.8, 4) is 5.88 Å². The van der Waals surface area contributed by atoms with Crippen molar-refractivity contribution in [2.45, 2.75) is 0 Å². The molecule has 0 fully saturated rings. The molecule has 6 nitrogen and oxygen atoms in total. The van der Waals surface area contributed by atoms with Crippen molar-refractivity contribution in [1.82, 2.24) is 10.5 Å². The van der Waals surface area contributed by atoms with Gasteiger partial charge in [-0.15, -0.1) is 0 Å². The van der Waals surface area contributed by atoms with Crippen molar-refractivity contribution in [3.05, 3.63) is 90.6 Å². The van der Waals surface area contributed by atoms with Crippen molar-refractivity contribution in [2.75, 3.05) is 4.90 Å². The minimum Gasteiger partial charge on any atom is -0.358 e. The molecule has 3 rings (SSSR count). The lowest BCUT2D eigenvalue weighted by Gasteiger charge is -2.21. The number of pyridine rings is 1. The smallest absolute Gasteiger partial charge is 0.358 e. The van der Waals surface area contributed by atoms with Gasteiger partial charge in [-0.25, -0.2) is 14.7 Å². The molecule has 0 saturated heterocycles. The van der Waals surface area contributed by atoms with Gasteiger partial charge in [0, 0.05) is 17.8 Å². The van der Waals surface area contributed by atoms with E-state index in [0.717, 1.165) is 4.90 Å². The van der Waals surface area contributed by atoms with E-state index in [1.54, 1.807) is 78.9 Å². The highest BCUT2D eigenvalue weighted by Crippen LogP contribution is 2.17. The first-order valence-electron chi connectivity index (χ1n) is 7.58. The number of hydrogen-bond acceptors (Lipinski definition) is 4. The van der Waals surface area contributed by atoms with Gasteiger partial charge in [0.25, 0.3) is 5.91 Å². The van der Waals surface area contributed by atoms with Gasteiger partial charge in [0.15, 0.2) is 0 Å². The third-order valence-corrected chi connectivity index (χ3v) is 3.32. The van der Waals surface area contributed by atoms with Gasteiger partial charge >= 0.3 is 6.03 Å². The SMILES string of the molecule is O=C(NOc1ccccn1)N(C(=O)c1ccccc1)c1ccccc1. The van der Waals surface area contributed by atoms with E-state index in [4.69, 9.17) is 4.84 Å². The number of carbonyl (C=O) groups is 2. The summed E-state index contributed by atoms with van der Waals surface area (Å²) in [6.07, 6.45) is 1.53. The molecule has 0 aliphatic heterocycles. The van der Waals surface area contributed by atoms with Gasteiger partial charge in [-0.2, -0.15) is 5.48 Å². The molecule has 3 aromatic rings. The Kier molecular flexibility index (Phi) is 5.01. The zero-order valence-electron chi connectivity index (χ0n) is 13.2. The lowest BCUT2D eigenvalue weighted by Crippen LogP contribution is -2.45. The maximum Gasteiger partial charge on any atom is 0.362 e. The molecule has 25 heavy (non-hydrogen) atoms. The van der Waals surface area contributed by atoms with E-state index in [1.165, 1.54) is 6.20 Å². The standard InChI is InChI=1S/C19H15N3O3/c23-18(15-9-3-1-4-10-15)22(16-11-5-2-6-12-16)19(24)21-25-17-13-7-8-14-20-17/h1-14H,(H,21,24). The number of carbonyl (C=O) groups excluding carboxylic acids is 2. The van der Waals surface area contributed by atoms with Crippen LogP contribution in [0.15, 0.2) is 85.1 Å². The zero-order chi connectivity index (χ0) is 17.5. The molecule has 0 aliphatic carbocycles. The number of aromatic nitrogens is 1.